The number of sulfonamides is 1. The number of ether oxygens (including phenoxy) is 1. The summed E-state index contributed by atoms with van der Waals surface area (Å²) in [5.74, 6) is -0.180. The first-order valence-electron chi connectivity index (χ1n) is 10.2. The Hall–Kier alpha value is -3.50. The summed E-state index contributed by atoms with van der Waals surface area (Å²) in [7, 11) is -4.12. The molecule has 0 aliphatic carbocycles. The molecule has 2 aromatic carbocycles. The van der Waals surface area contributed by atoms with Gasteiger partial charge < -0.3 is 9.30 Å². The number of primary sulfonamides is 1. The molecule has 0 unspecified atom stereocenters. The summed E-state index contributed by atoms with van der Waals surface area (Å²) in [6, 6.07) is 12.9. The zero-order chi connectivity index (χ0) is 24.5. The number of nitro benzene ring substituents is 1. The van der Waals surface area contributed by atoms with E-state index in [0.717, 1.165) is 35.3 Å². The first kappa shape index (κ1) is 24.1. The van der Waals surface area contributed by atoms with E-state index in [2.05, 4.69) is 13.8 Å². The maximum Gasteiger partial charge on any atom is 0.312 e. The van der Waals surface area contributed by atoms with Crippen molar-refractivity contribution in [2.24, 2.45) is 5.14 Å². The highest BCUT2D eigenvalue weighted by molar-refractivity contribution is 7.89. The van der Waals surface area contributed by atoms with Crippen molar-refractivity contribution in [3.63, 3.8) is 0 Å². The minimum absolute atomic E-state index is 0.223. The normalized spacial score (nSPS) is 11.6. The van der Waals surface area contributed by atoms with Gasteiger partial charge >= 0.3 is 5.69 Å². The van der Waals surface area contributed by atoms with E-state index in [1.807, 2.05) is 42.7 Å². The van der Waals surface area contributed by atoms with Gasteiger partial charge in [-0.05, 0) is 55.7 Å². The minimum atomic E-state index is -4.12. The smallest absolute Gasteiger partial charge is 0.312 e. The third-order valence-electron chi connectivity index (χ3n) is 5.36. The fourth-order valence-electron chi connectivity index (χ4n) is 3.61. The van der Waals surface area contributed by atoms with Crippen molar-refractivity contribution >= 4 is 21.5 Å². The Bertz CT molecular complexity index is 1320. The van der Waals surface area contributed by atoms with Crippen LogP contribution in [0.4, 0.5) is 5.69 Å². The third-order valence-corrected chi connectivity index (χ3v) is 6.27. The Labute approximate surface area is 192 Å². The summed E-state index contributed by atoms with van der Waals surface area (Å²) in [4.78, 5) is 23.0. The van der Waals surface area contributed by atoms with Crippen molar-refractivity contribution in [3.05, 3.63) is 81.2 Å². The number of hydrogen-bond donors (Lipinski definition) is 1. The number of hydrogen-bond acceptors (Lipinski definition) is 6. The SMILES string of the molecule is Cc1cc(C(=O)COc2ccc(S(N)(=O)=O)cc2[N+](=O)[O-])c(C)n1-c1ccc(C(C)C)cc1. The van der Waals surface area contributed by atoms with E-state index in [1.165, 1.54) is 5.56 Å². The number of carbonyl (C=O) groups excluding carboxylic acids is 1. The van der Waals surface area contributed by atoms with E-state index < -0.39 is 32.1 Å². The number of aryl methyl sites for hydroxylation is 1. The topological polar surface area (TPSA) is 135 Å². The lowest BCUT2D eigenvalue weighted by Crippen LogP contribution is -2.15. The highest BCUT2D eigenvalue weighted by Crippen LogP contribution is 2.30. The van der Waals surface area contributed by atoms with Crippen LogP contribution in [0.2, 0.25) is 0 Å². The Morgan fingerprint density at radius 3 is 2.30 bits per heavy atom. The number of nitro groups is 1. The quantitative estimate of drug-likeness (QED) is 0.299. The number of rotatable bonds is 8. The van der Waals surface area contributed by atoms with Crippen LogP contribution < -0.4 is 9.88 Å². The zero-order valence-corrected chi connectivity index (χ0v) is 19.5. The molecule has 0 aliphatic rings. The number of carbonyl (C=O) groups is 1. The molecule has 33 heavy (non-hydrogen) atoms. The lowest BCUT2D eigenvalue weighted by molar-refractivity contribution is -0.386. The highest BCUT2D eigenvalue weighted by atomic mass is 32.2. The number of Topliss-reactive ketones (excluding diaryl/α,β-unsaturated/α-hetero) is 1. The summed E-state index contributed by atoms with van der Waals surface area (Å²) in [5.41, 5.74) is 3.55. The molecule has 174 valence electrons. The molecule has 3 rings (SSSR count). The molecule has 1 heterocycles. The molecule has 0 fully saturated rings. The van der Waals surface area contributed by atoms with Gasteiger partial charge in [-0.1, -0.05) is 26.0 Å². The van der Waals surface area contributed by atoms with Gasteiger partial charge in [-0.3, -0.25) is 14.9 Å². The van der Waals surface area contributed by atoms with Crippen LogP contribution in [0.3, 0.4) is 0 Å². The lowest BCUT2D eigenvalue weighted by Gasteiger charge is -2.12. The predicted molar refractivity (Wildman–Crippen MR) is 124 cm³/mol. The number of aromatic nitrogens is 1. The van der Waals surface area contributed by atoms with Gasteiger partial charge in [0.2, 0.25) is 15.8 Å². The second kappa shape index (κ2) is 9.16. The molecule has 0 saturated carbocycles. The second-order valence-electron chi connectivity index (χ2n) is 8.01. The largest absolute Gasteiger partial charge is 0.478 e. The summed E-state index contributed by atoms with van der Waals surface area (Å²) in [6.07, 6.45) is 0. The van der Waals surface area contributed by atoms with Crippen LogP contribution in [0.25, 0.3) is 5.69 Å². The molecule has 1 aromatic heterocycles. The van der Waals surface area contributed by atoms with Gasteiger partial charge in [0.1, 0.15) is 0 Å². The van der Waals surface area contributed by atoms with E-state index in [4.69, 9.17) is 9.88 Å². The van der Waals surface area contributed by atoms with Crippen molar-refractivity contribution < 1.29 is 22.9 Å². The number of benzene rings is 2. The Morgan fingerprint density at radius 1 is 1.12 bits per heavy atom. The van der Waals surface area contributed by atoms with Crippen LogP contribution in [0.1, 0.15) is 47.1 Å². The van der Waals surface area contributed by atoms with Crippen molar-refractivity contribution in [3.8, 4) is 11.4 Å². The molecule has 3 aromatic rings. The van der Waals surface area contributed by atoms with Crippen LogP contribution in [-0.4, -0.2) is 30.3 Å². The first-order valence-corrected chi connectivity index (χ1v) is 11.7. The Morgan fingerprint density at radius 2 is 1.76 bits per heavy atom. The molecule has 2 N–H and O–H groups in total. The molecule has 0 spiro atoms. The maximum absolute atomic E-state index is 12.9. The van der Waals surface area contributed by atoms with E-state index in [0.29, 0.717) is 11.5 Å². The fourth-order valence-corrected chi connectivity index (χ4v) is 4.14. The summed E-state index contributed by atoms with van der Waals surface area (Å²) in [6.45, 7) is 7.49. The molecule has 0 aliphatic heterocycles. The van der Waals surface area contributed by atoms with Gasteiger partial charge in [0.15, 0.2) is 12.4 Å². The fraction of sp³-hybridized carbons (Fsp3) is 0.261. The average molecular weight is 472 g/mol. The van der Waals surface area contributed by atoms with Crippen molar-refractivity contribution in [2.75, 3.05) is 6.61 Å². The molecule has 10 heteroatoms. The van der Waals surface area contributed by atoms with Crippen LogP contribution in [-0.2, 0) is 10.0 Å². The van der Waals surface area contributed by atoms with Crippen LogP contribution in [0.5, 0.6) is 5.75 Å². The summed E-state index contributed by atoms with van der Waals surface area (Å²) < 4.78 is 30.3. The molecule has 0 radical (unpaired) electrons. The maximum atomic E-state index is 12.9. The summed E-state index contributed by atoms with van der Waals surface area (Å²) >= 11 is 0. The minimum Gasteiger partial charge on any atom is -0.478 e. The number of nitrogens with zero attached hydrogens (tertiary/aromatic N) is 2. The number of nitrogens with two attached hydrogens (primary N) is 1. The molecular formula is C23H25N3O6S. The monoisotopic (exact) mass is 471 g/mol. The second-order valence-corrected chi connectivity index (χ2v) is 9.57. The first-order chi connectivity index (χ1) is 15.4. The van der Waals surface area contributed by atoms with Crippen molar-refractivity contribution in [1.82, 2.24) is 4.57 Å². The zero-order valence-electron chi connectivity index (χ0n) is 18.7. The van der Waals surface area contributed by atoms with Crippen LogP contribution >= 0.6 is 0 Å². The van der Waals surface area contributed by atoms with Gasteiger partial charge in [-0.2, -0.15) is 0 Å². The third kappa shape index (κ3) is 5.12. The van der Waals surface area contributed by atoms with E-state index in [-0.39, 0.29) is 11.5 Å². The molecule has 0 bridgehead atoms. The molecule has 9 nitrogen and oxygen atoms in total. The van der Waals surface area contributed by atoms with Crippen molar-refractivity contribution in [2.45, 2.75) is 38.5 Å². The molecule has 0 atom stereocenters. The lowest BCUT2D eigenvalue weighted by atomic mass is 10.0. The van der Waals surface area contributed by atoms with Crippen LogP contribution in [0, 0.1) is 24.0 Å². The van der Waals surface area contributed by atoms with Gasteiger partial charge in [-0.25, -0.2) is 13.6 Å². The average Bonchev–Trinajstić information content (AvgIpc) is 3.05. The predicted octanol–water partition coefficient (Wildman–Crippen LogP) is 4.03. The molecular weight excluding hydrogens is 446 g/mol. The Balaban J connectivity index is 1.85. The van der Waals surface area contributed by atoms with Gasteiger partial charge in [-0.15, -0.1) is 0 Å². The Kier molecular flexibility index (Phi) is 6.71. The van der Waals surface area contributed by atoms with Gasteiger partial charge in [0, 0.05) is 28.7 Å². The standard InChI is InChI=1S/C23H25N3O6S/c1-14(2)17-5-7-18(8-6-17)25-15(3)11-20(16(25)4)22(27)13-32-23-10-9-19(33(24,30)31)12-21(23)26(28)29/h5-12,14H,13H2,1-4H3,(H2,24,30,31). The van der Waals surface area contributed by atoms with Gasteiger partial charge in [0.05, 0.1) is 9.82 Å². The van der Waals surface area contributed by atoms with Crippen LogP contribution in [0.15, 0.2) is 53.4 Å². The van der Waals surface area contributed by atoms with Gasteiger partial charge in [0.25, 0.3) is 0 Å². The summed E-state index contributed by atoms with van der Waals surface area (Å²) in [5, 5.41) is 16.4. The highest BCUT2D eigenvalue weighted by Gasteiger charge is 2.22. The molecule has 0 amide bonds. The number of ketones is 1. The van der Waals surface area contributed by atoms with Crippen molar-refractivity contribution in [1.29, 1.82) is 0 Å². The van der Waals surface area contributed by atoms with E-state index in [9.17, 15) is 23.3 Å². The van der Waals surface area contributed by atoms with E-state index >= 15 is 0 Å². The molecule has 0 saturated heterocycles. The van der Waals surface area contributed by atoms with E-state index in [1.54, 1.807) is 6.07 Å².